The van der Waals surface area contributed by atoms with Crippen molar-refractivity contribution in [3.05, 3.63) is 94.5 Å². The molecule has 0 saturated carbocycles. The van der Waals surface area contributed by atoms with Crippen LogP contribution in [0.5, 0.6) is 5.75 Å². The molecule has 5 heteroatoms. The molecule has 30 heavy (non-hydrogen) atoms. The van der Waals surface area contributed by atoms with Crippen molar-refractivity contribution in [3.63, 3.8) is 0 Å². The third kappa shape index (κ3) is 3.70. The number of thioether (sulfide) groups is 1. The second-order valence-corrected chi connectivity index (χ2v) is 9.48. The molecular weight excluding hydrogens is 414 g/mol. The molecule has 0 spiro atoms. The molecule has 1 aliphatic carbocycles. The first-order valence-electron chi connectivity index (χ1n) is 10.1. The van der Waals surface area contributed by atoms with Crippen molar-refractivity contribution in [1.29, 1.82) is 0 Å². The van der Waals surface area contributed by atoms with Crippen molar-refractivity contribution in [2.24, 2.45) is 0 Å². The molecule has 0 atom stereocenters. The first kappa shape index (κ1) is 19.5. The Morgan fingerprint density at radius 1 is 0.933 bits per heavy atom. The number of carbonyl (C=O) groups is 1. The number of rotatable bonds is 5. The second-order valence-electron chi connectivity index (χ2n) is 7.97. The number of halogens is 1. The van der Waals surface area contributed by atoms with Gasteiger partial charge in [0.1, 0.15) is 11.9 Å². The van der Waals surface area contributed by atoms with Crippen LogP contribution >= 0.6 is 23.4 Å². The Morgan fingerprint density at radius 2 is 1.57 bits per heavy atom. The predicted octanol–water partition coefficient (Wildman–Crippen LogP) is 5.51. The van der Waals surface area contributed by atoms with Gasteiger partial charge in [-0.1, -0.05) is 48.0 Å². The van der Waals surface area contributed by atoms with Gasteiger partial charge in [-0.25, -0.2) is 0 Å². The maximum atomic E-state index is 13.6. The van der Waals surface area contributed by atoms with Gasteiger partial charge in [-0.2, -0.15) is 11.8 Å². The van der Waals surface area contributed by atoms with E-state index in [1.54, 1.807) is 0 Å². The van der Waals surface area contributed by atoms with Crippen LogP contribution in [0.25, 0.3) is 0 Å². The van der Waals surface area contributed by atoms with E-state index >= 15 is 0 Å². The minimum atomic E-state index is -0.646. The fourth-order valence-corrected chi connectivity index (χ4v) is 4.91. The molecule has 1 heterocycles. The van der Waals surface area contributed by atoms with E-state index in [0.717, 1.165) is 28.5 Å². The summed E-state index contributed by atoms with van der Waals surface area (Å²) in [6.45, 7) is 0. The molecule has 3 aromatic rings. The highest BCUT2D eigenvalue weighted by molar-refractivity contribution is 8.00. The Hall–Kier alpha value is -2.43. The van der Waals surface area contributed by atoms with Crippen molar-refractivity contribution in [1.82, 2.24) is 0 Å². The van der Waals surface area contributed by atoms with Crippen LogP contribution in [0.1, 0.15) is 16.7 Å². The summed E-state index contributed by atoms with van der Waals surface area (Å²) in [7, 11) is 0. The van der Waals surface area contributed by atoms with Crippen molar-refractivity contribution in [2.45, 2.75) is 24.4 Å². The van der Waals surface area contributed by atoms with Crippen LogP contribution < -0.4 is 10.1 Å². The molecule has 3 nitrogen and oxygen atoms in total. The number of hydrogen-bond donors (Lipinski definition) is 1. The smallest absolute Gasteiger partial charge is 0.235 e. The number of hydrogen-bond acceptors (Lipinski definition) is 3. The molecule has 1 aliphatic heterocycles. The molecule has 0 radical (unpaired) electrons. The van der Waals surface area contributed by atoms with Crippen LogP contribution in [-0.2, 0) is 23.1 Å². The summed E-state index contributed by atoms with van der Waals surface area (Å²) in [5, 5.41) is 3.82. The lowest BCUT2D eigenvalue weighted by Crippen LogP contribution is -2.41. The Kier molecular flexibility index (Phi) is 5.21. The lowest BCUT2D eigenvalue weighted by molar-refractivity contribution is -0.121. The summed E-state index contributed by atoms with van der Waals surface area (Å²) in [5.74, 6) is 2.94. The molecule has 152 valence electrons. The van der Waals surface area contributed by atoms with E-state index in [1.165, 1.54) is 11.1 Å². The Bertz CT molecular complexity index is 1040. The summed E-state index contributed by atoms with van der Waals surface area (Å²) in [6.07, 6.45) is 1.66. The predicted molar refractivity (Wildman–Crippen MR) is 124 cm³/mol. The average Bonchev–Trinajstić information content (AvgIpc) is 3.13. The molecule has 0 bridgehead atoms. The van der Waals surface area contributed by atoms with Crippen LogP contribution in [0.2, 0.25) is 5.02 Å². The minimum Gasteiger partial charge on any atom is -0.489 e. The van der Waals surface area contributed by atoms with E-state index < -0.39 is 5.41 Å². The van der Waals surface area contributed by atoms with Gasteiger partial charge in [0, 0.05) is 22.2 Å². The zero-order chi connectivity index (χ0) is 20.6. The topological polar surface area (TPSA) is 38.3 Å². The largest absolute Gasteiger partial charge is 0.489 e. The number of benzene rings is 3. The summed E-state index contributed by atoms with van der Waals surface area (Å²) in [6, 6.07) is 23.7. The second kappa shape index (κ2) is 8.01. The van der Waals surface area contributed by atoms with Crippen LogP contribution in [0.3, 0.4) is 0 Å². The Labute approximate surface area is 185 Å². The number of carbonyl (C=O) groups excluding carboxylic acids is 1. The van der Waals surface area contributed by atoms with E-state index in [0.29, 0.717) is 24.0 Å². The third-order valence-corrected chi connectivity index (χ3v) is 7.42. The van der Waals surface area contributed by atoms with Gasteiger partial charge in [0.2, 0.25) is 5.91 Å². The van der Waals surface area contributed by atoms with Gasteiger partial charge < -0.3 is 10.1 Å². The Balaban J connectivity index is 1.40. The number of anilines is 1. The Morgan fingerprint density at radius 3 is 2.13 bits per heavy atom. The average molecular weight is 436 g/mol. The minimum absolute atomic E-state index is 0.00471. The first-order valence-corrected chi connectivity index (χ1v) is 11.6. The molecule has 5 rings (SSSR count). The molecule has 2 aliphatic rings. The van der Waals surface area contributed by atoms with E-state index in [4.69, 9.17) is 16.3 Å². The zero-order valence-electron chi connectivity index (χ0n) is 16.4. The molecule has 0 unspecified atom stereocenters. The van der Waals surface area contributed by atoms with Gasteiger partial charge in [0.15, 0.2) is 0 Å². The van der Waals surface area contributed by atoms with Gasteiger partial charge in [0.05, 0.1) is 5.41 Å². The summed E-state index contributed by atoms with van der Waals surface area (Å²) in [4.78, 5) is 13.6. The number of nitrogens with one attached hydrogen (secondary N) is 1. The highest BCUT2D eigenvalue weighted by Crippen LogP contribution is 2.41. The van der Waals surface area contributed by atoms with Crippen LogP contribution in [0.15, 0.2) is 72.8 Å². The van der Waals surface area contributed by atoms with E-state index in [1.807, 2.05) is 72.4 Å². The number of ether oxygens (including phenoxy) is 1. The normalized spacial score (nSPS) is 17.1. The molecular formula is C25H22ClNO2S. The van der Waals surface area contributed by atoms with Crippen molar-refractivity contribution in [3.8, 4) is 5.75 Å². The molecule has 1 saturated heterocycles. The molecule has 3 aromatic carbocycles. The molecule has 1 N–H and O–H groups in total. The van der Waals surface area contributed by atoms with Crippen molar-refractivity contribution < 1.29 is 9.53 Å². The van der Waals surface area contributed by atoms with Gasteiger partial charge in [0.25, 0.3) is 0 Å². The third-order valence-electron chi connectivity index (χ3n) is 5.96. The van der Waals surface area contributed by atoms with E-state index in [9.17, 15) is 4.79 Å². The van der Waals surface area contributed by atoms with Crippen molar-refractivity contribution >= 4 is 35.0 Å². The summed E-state index contributed by atoms with van der Waals surface area (Å²) >= 11 is 8.01. The first-order chi connectivity index (χ1) is 14.6. The maximum absolute atomic E-state index is 13.6. The zero-order valence-corrected chi connectivity index (χ0v) is 18.0. The summed E-state index contributed by atoms with van der Waals surface area (Å²) in [5.41, 5.74) is 3.57. The van der Waals surface area contributed by atoms with Crippen molar-refractivity contribution in [2.75, 3.05) is 16.8 Å². The maximum Gasteiger partial charge on any atom is 0.235 e. The van der Waals surface area contributed by atoms with Gasteiger partial charge >= 0.3 is 0 Å². The fraction of sp³-hybridized carbons (Fsp3) is 0.240. The molecule has 1 amide bonds. The van der Waals surface area contributed by atoms with Gasteiger partial charge in [-0.05, 0) is 65.9 Å². The standard InChI is InChI=1S/C25H22ClNO2S/c26-20-7-5-19(6-8-20)25(13-17-3-1-2-4-18(17)14-25)24(28)27-21-9-11-22(12-10-21)29-23-15-30-16-23/h1-12,23H,13-16H2,(H,27,28). The number of amides is 1. The monoisotopic (exact) mass is 435 g/mol. The van der Waals surface area contributed by atoms with Crippen LogP contribution in [0, 0.1) is 0 Å². The fourth-order valence-electron chi connectivity index (χ4n) is 4.22. The van der Waals surface area contributed by atoms with Gasteiger partial charge in [-0.3, -0.25) is 4.79 Å². The lowest BCUT2D eigenvalue weighted by atomic mass is 9.76. The SMILES string of the molecule is O=C(Nc1ccc(OC2CSC2)cc1)C1(c2ccc(Cl)cc2)Cc2ccccc2C1. The molecule has 1 fully saturated rings. The number of fused-ring (bicyclic) bond motifs is 1. The summed E-state index contributed by atoms with van der Waals surface area (Å²) < 4.78 is 5.91. The van der Waals surface area contributed by atoms with Gasteiger partial charge in [-0.15, -0.1) is 0 Å². The quantitative estimate of drug-likeness (QED) is 0.574. The van der Waals surface area contributed by atoms with E-state index in [-0.39, 0.29) is 5.91 Å². The molecule has 0 aromatic heterocycles. The highest BCUT2D eigenvalue weighted by atomic mass is 35.5. The van der Waals surface area contributed by atoms with Crippen LogP contribution in [0.4, 0.5) is 5.69 Å². The highest BCUT2D eigenvalue weighted by Gasteiger charge is 2.45. The van der Waals surface area contributed by atoms with E-state index in [2.05, 4.69) is 17.4 Å². The lowest BCUT2D eigenvalue weighted by Gasteiger charge is -2.29. The van der Waals surface area contributed by atoms with Crippen LogP contribution in [-0.4, -0.2) is 23.5 Å².